The fourth-order valence-corrected chi connectivity index (χ4v) is 4.93. The number of hydrogen-bond acceptors (Lipinski definition) is 5. The van der Waals surface area contributed by atoms with Gasteiger partial charge in [-0.15, -0.1) is 0 Å². The molecule has 0 spiro atoms. The molecule has 4 aromatic rings. The van der Waals surface area contributed by atoms with Gasteiger partial charge in [0.05, 0.1) is 31.9 Å². The van der Waals surface area contributed by atoms with Crippen molar-refractivity contribution in [2.24, 2.45) is 4.99 Å². The number of furan rings is 1. The average molecular weight is 535 g/mol. The first kappa shape index (κ1) is 23.9. The Morgan fingerprint density at radius 2 is 1.69 bits per heavy atom. The predicted octanol–water partition coefficient (Wildman–Crippen LogP) is 7.76. The Labute approximate surface area is 220 Å². The van der Waals surface area contributed by atoms with E-state index in [1.807, 2.05) is 6.07 Å². The van der Waals surface area contributed by atoms with Gasteiger partial charge in [0, 0.05) is 11.6 Å². The number of para-hydroxylation sites is 2. The largest absolute Gasteiger partial charge is 0.478 e. The number of aliphatic imine (C=N–C) groups is 1. The molecule has 36 heavy (non-hydrogen) atoms. The zero-order valence-electron chi connectivity index (χ0n) is 18.4. The number of halogens is 2. The van der Waals surface area contributed by atoms with E-state index in [0.29, 0.717) is 48.6 Å². The average Bonchev–Trinajstić information content (AvgIpc) is 3.46. The van der Waals surface area contributed by atoms with Crippen LogP contribution in [0.3, 0.4) is 0 Å². The Hall–Kier alpha value is -3.78. The van der Waals surface area contributed by atoms with E-state index in [4.69, 9.17) is 27.6 Å². The van der Waals surface area contributed by atoms with Gasteiger partial charge in [-0.3, -0.25) is 9.69 Å². The second kappa shape index (κ2) is 10.1. The van der Waals surface area contributed by atoms with Crippen molar-refractivity contribution in [3.05, 3.63) is 111 Å². The molecule has 1 aliphatic heterocycles. The van der Waals surface area contributed by atoms with Gasteiger partial charge in [-0.05, 0) is 60.3 Å². The zero-order valence-corrected chi connectivity index (χ0v) is 20.7. The van der Waals surface area contributed by atoms with Gasteiger partial charge in [-0.2, -0.15) is 0 Å². The number of anilines is 1. The molecular formula is C27H16Cl2N2O4S. The molecule has 6 nitrogen and oxygen atoms in total. The van der Waals surface area contributed by atoms with E-state index >= 15 is 0 Å². The highest BCUT2D eigenvalue weighted by Crippen LogP contribution is 2.41. The van der Waals surface area contributed by atoms with Crippen LogP contribution in [0.1, 0.15) is 16.1 Å². The van der Waals surface area contributed by atoms with Crippen LogP contribution in [0.4, 0.5) is 11.4 Å². The Morgan fingerprint density at radius 1 is 0.944 bits per heavy atom. The summed E-state index contributed by atoms with van der Waals surface area (Å²) in [5, 5.41) is 10.5. The summed E-state index contributed by atoms with van der Waals surface area (Å²) < 4.78 is 5.91. The number of hydrogen-bond donors (Lipinski definition) is 1. The number of amides is 1. The van der Waals surface area contributed by atoms with Crippen LogP contribution in [0.5, 0.6) is 0 Å². The van der Waals surface area contributed by atoms with Crippen molar-refractivity contribution in [1.82, 2.24) is 0 Å². The van der Waals surface area contributed by atoms with Gasteiger partial charge in [0.25, 0.3) is 5.91 Å². The number of carboxylic acids is 1. The Balaban J connectivity index is 1.53. The molecular weight excluding hydrogens is 519 g/mol. The van der Waals surface area contributed by atoms with Crippen LogP contribution in [0, 0.1) is 0 Å². The monoisotopic (exact) mass is 534 g/mol. The van der Waals surface area contributed by atoms with E-state index in [1.165, 1.54) is 28.8 Å². The maximum absolute atomic E-state index is 13.5. The highest BCUT2D eigenvalue weighted by Gasteiger charge is 2.36. The van der Waals surface area contributed by atoms with Crippen molar-refractivity contribution in [3.63, 3.8) is 0 Å². The summed E-state index contributed by atoms with van der Waals surface area (Å²) in [6.07, 6.45) is 1.62. The zero-order chi connectivity index (χ0) is 25.2. The van der Waals surface area contributed by atoms with Gasteiger partial charge in [0.1, 0.15) is 11.5 Å². The molecule has 0 saturated carbocycles. The first-order valence-electron chi connectivity index (χ1n) is 10.7. The van der Waals surface area contributed by atoms with E-state index in [1.54, 1.807) is 72.8 Å². The molecule has 1 fully saturated rings. The topological polar surface area (TPSA) is 83.1 Å². The Kier molecular flexibility index (Phi) is 6.69. The number of carbonyl (C=O) groups excluding carboxylic acids is 1. The van der Waals surface area contributed by atoms with Crippen molar-refractivity contribution in [3.8, 4) is 11.3 Å². The molecule has 0 radical (unpaired) electrons. The van der Waals surface area contributed by atoms with E-state index < -0.39 is 5.97 Å². The minimum absolute atomic E-state index is 0.154. The lowest BCUT2D eigenvalue weighted by molar-refractivity contribution is -0.113. The molecule has 5 rings (SSSR count). The smallest absolute Gasteiger partial charge is 0.335 e. The van der Waals surface area contributed by atoms with Crippen LogP contribution < -0.4 is 4.90 Å². The molecule has 0 bridgehead atoms. The summed E-state index contributed by atoms with van der Waals surface area (Å²) in [5.41, 5.74) is 1.78. The molecule has 0 atom stereocenters. The third kappa shape index (κ3) is 4.81. The number of amidine groups is 1. The third-order valence-corrected chi connectivity index (χ3v) is 6.87. The van der Waals surface area contributed by atoms with E-state index in [0.717, 1.165) is 0 Å². The van der Waals surface area contributed by atoms with Crippen LogP contribution >= 0.6 is 35.0 Å². The van der Waals surface area contributed by atoms with Crippen LogP contribution in [-0.4, -0.2) is 22.2 Å². The van der Waals surface area contributed by atoms with Crippen molar-refractivity contribution in [2.45, 2.75) is 0 Å². The lowest BCUT2D eigenvalue weighted by Crippen LogP contribution is -2.29. The third-order valence-electron chi connectivity index (χ3n) is 5.26. The van der Waals surface area contributed by atoms with Gasteiger partial charge >= 0.3 is 5.97 Å². The van der Waals surface area contributed by atoms with Crippen molar-refractivity contribution in [1.29, 1.82) is 0 Å². The molecule has 3 aromatic carbocycles. The second-order valence-electron chi connectivity index (χ2n) is 7.64. The number of nitrogens with zero attached hydrogens (tertiary/aromatic N) is 2. The molecule has 0 unspecified atom stereocenters. The van der Waals surface area contributed by atoms with Crippen LogP contribution in [0.15, 0.2) is 99.2 Å². The lowest BCUT2D eigenvalue weighted by Gasteiger charge is -2.17. The number of benzene rings is 3. The summed E-state index contributed by atoms with van der Waals surface area (Å²) >= 11 is 13.9. The van der Waals surface area contributed by atoms with Gasteiger partial charge in [-0.25, -0.2) is 9.79 Å². The maximum Gasteiger partial charge on any atom is 0.335 e. The fourth-order valence-electron chi connectivity index (χ4n) is 3.56. The molecule has 1 aromatic heterocycles. The number of thioether (sulfide) groups is 1. The predicted molar refractivity (Wildman–Crippen MR) is 144 cm³/mol. The maximum atomic E-state index is 13.5. The number of carbonyl (C=O) groups is 2. The van der Waals surface area contributed by atoms with Crippen LogP contribution in [0.2, 0.25) is 10.0 Å². The molecule has 1 N–H and O–H groups in total. The molecule has 1 saturated heterocycles. The number of carboxylic acid groups (broad SMARTS) is 1. The molecule has 1 aliphatic rings. The van der Waals surface area contributed by atoms with Crippen LogP contribution in [0.25, 0.3) is 17.4 Å². The highest BCUT2D eigenvalue weighted by molar-refractivity contribution is 8.19. The highest BCUT2D eigenvalue weighted by atomic mass is 35.5. The summed E-state index contributed by atoms with van der Waals surface area (Å²) in [6.45, 7) is 0. The van der Waals surface area contributed by atoms with E-state index in [9.17, 15) is 14.7 Å². The minimum atomic E-state index is -1.02. The van der Waals surface area contributed by atoms with Crippen molar-refractivity contribution >= 4 is 69.5 Å². The first-order valence-corrected chi connectivity index (χ1v) is 12.2. The van der Waals surface area contributed by atoms with Crippen molar-refractivity contribution < 1.29 is 19.1 Å². The van der Waals surface area contributed by atoms with Gasteiger partial charge in [0.2, 0.25) is 0 Å². The molecule has 9 heteroatoms. The lowest BCUT2D eigenvalue weighted by atomic mass is 10.1. The molecule has 2 heterocycles. The molecule has 178 valence electrons. The standard InChI is InChI=1S/C27H16Cl2N2O4S/c28-19-8-1-3-10-21(19)30-27-31(22-11-4-2-9-20(22)29)25(32)24(36-27)15-18-12-13-23(35-18)16-6-5-7-17(14-16)26(33)34/h1-15H,(H,33,34)/b24-15-,30-27?. The van der Waals surface area contributed by atoms with E-state index in [-0.39, 0.29) is 11.5 Å². The molecule has 0 aliphatic carbocycles. The number of aromatic carboxylic acids is 1. The van der Waals surface area contributed by atoms with Crippen molar-refractivity contribution in [2.75, 3.05) is 4.90 Å². The summed E-state index contributed by atoms with van der Waals surface area (Å²) in [7, 11) is 0. The second-order valence-corrected chi connectivity index (χ2v) is 9.46. The Bertz CT molecular complexity index is 1560. The SMILES string of the molecule is O=C(O)c1cccc(-c2ccc(/C=C3\SC(=Nc4ccccc4Cl)N(c4ccccc4Cl)C3=O)o2)c1. The van der Waals surface area contributed by atoms with E-state index in [2.05, 4.69) is 4.99 Å². The normalized spacial score (nSPS) is 15.7. The quantitative estimate of drug-likeness (QED) is 0.264. The van der Waals surface area contributed by atoms with Gasteiger partial charge in [-0.1, -0.05) is 59.6 Å². The first-order chi connectivity index (χ1) is 17.4. The van der Waals surface area contributed by atoms with Crippen LogP contribution in [-0.2, 0) is 4.79 Å². The van der Waals surface area contributed by atoms with Gasteiger partial charge in [0.15, 0.2) is 5.17 Å². The fraction of sp³-hybridized carbons (Fsp3) is 0. The Morgan fingerprint density at radius 3 is 2.44 bits per heavy atom. The number of rotatable bonds is 5. The molecule has 1 amide bonds. The summed E-state index contributed by atoms with van der Waals surface area (Å²) in [6, 6.07) is 24.0. The minimum Gasteiger partial charge on any atom is -0.478 e. The summed E-state index contributed by atoms with van der Waals surface area (Å²) in [4.78, 5) is 31.3. The van der Waals surface area contributed by atoms with Gasteiger partial charge < -0.3 is 9.52 Å². The summed E-state index contributed by atoms with van der Waals surface area (Å²) in [5.74, 6) is -0.429.